The molecule has 1 aliphatic heterocycles. The van der Waals surface area contributed by atoms with Gasteiger partial charge in [-0.15, -0.1) is 11.3 Å². The van der Waals surface area contributed by atoms with Crippen LogP contribution in [0.4, 0.5) is 0 Å². The number of hydrogen-bond acceptors (Lipinski definition) is 4. The van der Waals surface area contributed by atoms with Crippen LogP contribution in [0.5, 0.6) is 0 Å². The standard InChI is InChI=1S/C13H23N3S/c1-2-7-16(9-13-10-17-11-15-13)8-12-5-3-4-6-14-12/h10-12,14H,2-9H2,1H3. The molecule has 1 saturated heterocycles. The minimum absolute atomic E-state index is 0.689. The summed E-state index contributed by atoms with van der Waals surface area (Å²) < 4.78 is 0. The molecule has 2 rings (SSSR count). The van der Waals surface area contributed by atoms with Gasteiger partial charge >= 0.3 is 0 Å². The molecule has 1 atom stereocenters. The third-order valence-electron chi connectivity index (χ3n) is 3.30. The second-order valence-electron chi connectivity index (χ2n) is 4.86. The van der Waals surface area contributed by atoms with Crippen LogP contribution in [0.2, 0.25) is 0 Å². The summed E-state index contributed by atoms with van der Waals surface area (Å²) in [6, 6.07) is 0.689. The van der Waals surface area contributed by atoms with Crippen LogP contribution in [0, 0.1) is 0 Å². The van der Waals surface area contributed by atoms with Gasteiger partial charge < -0.3 is 5.32 Å². The average molecular weight is 253 g/mol. The number of nitrogens with zero attached hydrogens (tertiary/aromatic N) is 2. The van der Waals surface area contributed by atoms with Crippen LogP contribution >= 0.6 is 11.3 Å². The minimum Gasteiger partial charge on any atom is -0.313 e. The Morgan fingerprint density at radius 1 is 1.53 bits per heavy atom. The summed E-state index contributed by atoms with van der Waals surface area (Å²) in [4.78, 5) is 6.93. The van der Waals surface area contributed by atoms with Gasteiger partial charge in [0.1, 0.15) is 0 Å². The van der Waals surface area contributed by atoms with Crippen molar-refractivity contribution in [3.8, 4) is 0 Å². The van der Waals surface area contributed by atoms with Gasteiger partial charge in [-0.05, 0) is 32.4 Å². The van der Waals surface area contributed by atoms with E-state index in [0.29, 0.717) is 6.04 Å². The number of aromatic nitrogens is 1. The molecule has 1 N–H and O–H groups in total. The molecule has 1 aromatic heterocycles. The normalized spacial score (nSPS) is 20.9. The van der Waals surface area contributed by atoms with Crippen LogP contribution in [-0.2, 0) is 6.54 Å². The second-order valence-corrected chi connectivity index (χ2v) is 5.58. The molecule has 0 amide bonds. The summed E-state index contributed by atoms with van der Waals surface area (Å²) in [6.07, 6.45) is 5.28. The highest BCUT2D eigenvalue weighted by Gasteiger charge is 2.16. The molecule has 0 saturated carbocycles. The Labute approximate surface area is 108 Å². The van der Waals surface area contributed by atoms with Crippen LogP contribution in [0.25, 0.3) is 0 Å². The Hall–Kier alpha value is -0.450. The van der Waals surface area contributed by atoms with Crippen LogP contribution in [0.3, 0.4) is 0 Å². The van der Waals surface area contributed by atoms with Crippen LogP contribution in [-0.4, -0.2) is 35.6 Å². The summed E-state index contributed by atoms with van der Waals surface area (Å²) in [7, 11) is 0. The molecule has 17 heavy (non-hydrogen) atoms. The van der Waals surface area contributed by atoms with Crippen molar-refractivity contribution in [3.63, 3.8) is 0 Å². The maximum atomic E-state index is 4.39. The summed E-state index contributed by atoms with van der Waals surface area (Å²) in [6.45, 7) is 6.81. The van der Waals surface area contributed by atoms with E-state index in [9.17, 15) is 0 Å². The van der Waals surface area contributed by atoms with Gasteiger partial charge in [-0.1, -0.05) is 13.3 Å². The van der Waals surface area contributed by atoms with E-state index in [1.165, 1.54) is 51.0 Å². The summed E-state index contributed by atoms with van der Waals surface area (Å²) in [5.41, 5.74) is 3.15. The van der Waals surface area contributed by atoms with Crippen LogP contribution in [0.1, 0.15) is 38.3 Å². The fourth-order valence-corrected chi connectivity index (χ4v) is 3.04. The molecule has 2 heterocycles. The molecular formula is C13H23N3S. The van der Waals surface area contributed by atoms with E-state index >= 15 is 0 Å². The smallest absolute Gasteiger partial charge is 0.0795 e. The maximum Gasteiger partial charge on any atom is 0.0795 e. The number of hydrogen-bond donors (Lipinski definition) is 1. The van der Waals surface area contributed by atoms with Crippen LogP contribution < -0.4 is 5.32 Å². The monoisotopic (exact) mass is 253 g/mol. The predicted molar refractivity (Wildman–Crippen MR) is 73.3 cm³/mol. The lowest BCUT2D eigenvalue weighted by Crippen LogP contribution is -2.43. The molecule has 3 nitrogen and oxygen atoms in total. The van der Waals surface area contributed by atoms with Crippen molar-refractivity contribution in [3.05, 3.63) is 16.6 Å². The molecular weight excluding hydrogens is 230 g/mol. The summed E-state index contributed by atoms with van der Waals surface area (Å²) in [5.74, 6) is 0. The van der Waals surface area contributed by atoms with Crippen molar-refractivity contribution in [2.75, 3.05) is 19.6 Å². The SMILES string of the molecule is CCCN(Cc1cscn1)CC1CCCCN1. The molecule has 1 unspecified atom stereocenters. The fourth-order valence-electron chi connectivity index (χ4n) is 2.49. The average Bonchev–Trinajstić information content (AvgIpc) is 2.83. The first-order chi connectivity index (χ1) is 8.38. The van der Waals surface area contributed by atoms with Crippen molar-refractivity contribution in [2.24, 2.45) is 0 Å². The van der Waals surface area contributed by atoms with Crippen molar-refractivity contribution in [1.29, 1.82) is 0 Å². The van der Waals surface area contributed by atoms with Gasteiger partial charge in [-0.3, -0.25) is 4.90 Å². The highest BCUT2D eigenvalue weighted by Crippen LogP contribution is 2.11. The molecule has 1 aromatic rings. The Bertz CT molecular complexity index is 294. The molecule has 96 valence electrons. The van der Waals surface area contributed by atoms with E-state index in [1.54, 1.807) is 11.3 Å². The van der Waals surface area contributed by atoms with E-state index in [4.69, 9.17) is 0 Å². The molecule has 1 aliphatic rings. The number of rotatable bonds is 6. The zero-order chi connectivity index (χ0) is 11.9. The zero-order valence-electron chi connectivity index (χ0n) is 10.7. The minimum atomic E-state index is 0.689. The lowest BCUT2D eigenvalue weighted by Gasteiger charge is -2.30. The molecule has 1 fully saturated rings. The summed E-state index contributed by atoms with van der Waals surface area (Å²) >= 11 is 1.69. The van der Waals surface area contributed by atoms with Gasteiger partial charge in [0, 0.05) is 24.5 Å². The Kier molecular flexibility index (Phi) is 5.42. The lowest BCUT2D eigenvalue weighted by atomic mass is 10.0. The van der Waals surface area contributed by atoms with E-state index in [1.807, 2.05) is 5.51 Å². The van der Waals surface area contributed by atoms with E-state index in [-0.39, 0.29) is 0 Å². The Balaban J connectivity index is 1.83. The highest BCUT2D eigenvalue weighted by molar-refractivity contribution is 7.07. The maximum absolute atomic E-state index is 4.39. The summed E-state index contributed by atoms with van der Waals surface area (Å²) in [5, 5.41) is 5.79. The number of thiazole rings is 1. The molecule has 4 heteroatoms. The fraction of sp³-hybridized carbons (Fsp3) is 0.769. The topological polar surface area (TPSA) is 28.2 Å². The molecule has 0 radical (unpaired) electrons. The third kappa shape index (κ3) is 4.37. The molecule has 0 aliphatic carbocycles. The number of nitrogens with one attached hydrogen (secondary N) is 1. The number of piperidine rings is 1. The Morgan fingerprint density at radius 2 is 2.47 bits per heavy atom. The zero-order valence-corrected chi connectivity index (χ0v) is 11.5. The van der Waals surface area contributed by atoms with Gasteiger partial charge in [0.05, 0.1) is 11.2 Å². The molecule has 0 aromatic carbocycles. The van der Waals surface area contributed by atoms with E-state index < -0.39 is 0 Å². The largest absolute Gasteiger partial charge is 0.313 e. The predicted octanol–water partition coefficient (Wildman–Crippen LogP) is 2.50. The van der Waals surface area contributed by atoms with E-state index in [0.717, 1.165) is 6.54 Å². The van der Waals surface area contributed by atoms with Gasteiger partial charge in [0.2, 0.25) is 0 Å². The van der Waals surface area contributed by atoms with Crippen molar-refractivity contribution < 1.29 is 0 Å². The first-order valence-corrected chi connectivity index (χ1v) is 7.65. The van der Waals surface area contributed by atoms with Crippen molar-refractivity contribution in [1.82, 2.24) is 15.2 Å². The van der Waals surface area contributed by atoms with Gasteiger partial charge in [-0.2, -0.15) is 0 Å². The second kappa shape index (κ2) is 7.09. The quantitative estimate of drug-likeness (QED) is 0.844. The van der Waals surface area contributed by atoms with E-state index in [2.05, 4.69) is 27.5 Å². The van der Waals surface area contributed by atoms with Crippen molar-refractivity contribution in [2.45, 2.75) is 45.2 Å². The Morgan fingerprint density at radius 3 is 3.12 bits per heavy atom. The lowest BCUT2D eigenvalue weighted by molar-refractivity contribution is 0.215. The molecule has 0 bridgehead atoms. The van der Waals surface area contributed by atoms with Gasteiger partial charge in [-0.25, -0.2) is 4.98 Å². The molecule has 0 spiro atoms. The third-order valence-corrected chi connectivity index (χ3v) is 3.94. The highest BCUT2D eigenvalue weighted by atomic mass is 32.1. The van der Waals surface area contributed by atoms with Gasteiger partial charge in [0.15, 0.2) is 0 Å². The first-order valence-electron chi connectivity index (χ1n) is 6.71. The van der Waals surface area contributed by atoms with Gasteiger partial charge in [0.25, 0.3) is 0 Å². The van der Waals surface area contributed by atoms with Crippen LogP contribution in [0.15, 0.2) is 10.9 Å². The first kappa shape index (κ1) is 13.0. The van der Waals surface area contributed by atoms with Crippen molar-refractivity contribution >= 4 is 11.3 Å².